The first-order valence-corrected chi connectivity index (χ1v) is 15.7. The van der Waals surface area contributed by atoms with Crippen LogP contribution in [-0.4, -0.2) is 64.9 Å². The highest BCUT2D eigenvalue weighted by molar-refractivity contribution is 5.88. The molecule has 1 N–H and O–H groups in total. The molecule has 0 saturated carbocycles. The molecule has 44 heavy (non-hydrogen) atoms. The van der Waals surface area contributed by atoms with Crippen molar-refractivity contribution in [2.24, 2.45) is 11.3 Å². The van der Waals surface area contributed by atoms with Crippen LogP contribution in [0.25, 0.3) is 0 Å². The van der Waals surface area contributed by atoms with E-state index in [1.807, 2.05) is 46.8 Å². The number of methoxy groups -OCH3 is 1. The second-order valence-corrected chi connectivity index (χ2v) is 14.3. The number of nitrogens with zero attached hydrogens (tertiary/aromatic N) is 2. The summed E-state index contributed by atoms with van der Waals surface area (Å²) >= 11 is 0. The fraction of sp³-hybridized carbons (Fsp3) is 0.629. The van der Waals surface area contributed by atoms with Crippen molar-refractivity contribution in [1.29, 1.82) is 0 Å². The highest BCUT2D eigenvalue weighted by Crippen LogP contribution is 2.51. The van der Waals surface area contributed by atoms with Crippen LogP contribution in [0.3, 0.4) is 0 Å². The van der Waals surface area contributed by atoms with Crippen LogP contribution < -0.4 is 9.47 Å². The molecule has 0 spiro atoms. The fourth-order valence-electron chi connectivity index (χ4n) is 6.51. The number of aliphatic carboxylic acids is 1. The number of pyridine rings is 1. The van der Waals surface area contributed by atoms with Crippen molar-refractivity contribution in [2.75, 3.05) is 13.7 Å². The third kappa shape index (κ3) is 7.20. The van der Waals surface area contributed by atoms with E-state index in [1.165, 1.54) is 4.90 Å². The highest BCUT2D eigenvalue weighted by atomic mass is 16.5. The smallest absolute Gasteiger partial charge is 0.326 e. The Morgan fingerprint density at radius 2 is 1.84 bits per heavy atom. The van der Waals surface area contributed by atoms with Crippen LogP contribution in [0, 0.1) is 11.3 Å². The maximum absolute atomic E-state index is 14.4. The Hall–Kier alpha value is -3.17. The number of likely N-dealkylation sites (tertiary alicyclic amines) is 1. The Morgan fingerprint density at radius 3 is 2.41 bits per heavy atom. The Balaban J connectivity index is 1.89. The van der Waals surface area contributed by atoms with Crippen LogP contribution in [0.1, 0.15) is 97.4 Å². The molecule has 9 heteroatoms. The maximum atomic E-state index is 14.4. The minimum Gasteiger partial charge on any atom is -0.496 e. The van der Waals surface area contributed by atoms with E-state index in [1.54, 1.807) is 19.4 Å². The monoisotopic (exact) mass is 610 g/mol. The number of carbonyl (C=O) groups is 2. The predicted octanol–water partition coefficient (Wildman–Crippen LogP) is 6.33. The van der Waals surface area contributed by atoms with E-state index in [0.29, 0.717) is 30.2 Å². The van der Waals surface area contributed by atoms with Crippen molar-refractivity contribution in [3.63, 3.8) is 0 Å². The van der Waals surface area contributed by atoms with Gasteiger partial charge in [0.1, 0.15) is 17.9 Å². The summed E-state index contributed by atoms with van der Waals surface area (Å²) in [6.07, 6.45) is 2.28. The van der Waals surface area contributed by atoms with Crippen LogP contribution in [0.15, 0.2) is 36.5 Å². The number of hydrogen-bond acceptors (Lipinski definition) is 7. The van der Waals surface area contributed by atoms with Crippen LogP contribution in [-0.2, 0) is 31.1 Å². The number of rotatable bonds is 9. The van der Waals surface area contributed by atoms with Gasteiger partial charge in [0.05, 0.1) is 32.0 Å². The number of carboxylic acids is 1. The summed E-state index contributed by atoms with van der Waals surface area (Å²) in [5.74, 6) is -0.943. The third-order valence-electron chi connectivity index (χ3n) is 8.61. The van der Waals surface area contributed by atoms with E-state index in [4.69, 9.17) is 18.9 Å². The first-order valence-electron chi connectivity index (χ1n) is 15.7. The van der Waals surface area contributed by atoms with Gasteiger partial charge in [-0.2, -0.15) is 0 Å². The molecular formula is C35H50N2O7. The third-order valence-corrected chi connectivity index (χ3v) is 8.61. The van der Waals surface area contributed by atoms with E-state index < -0.39 is 41.6 Å². The minimum atomic E-state index is -1.15. The molecule has 2 aliphatic rings. The van der Waals surface area contributed by atoms with Crippen molar-refractivity contribution in [1.82, 2.24) is 9.88 Å². The van der Waals surface area contributed by atoms with Crippen molar-refractivity contribution in [3.05, 3.63) is 53.2 Å². The number of ether oxygens (including phenoxy) is 4. The van der Waals surface area contributed by atoms with Gasteiger partial charge in [0, 0.05) is 29.8 Å². The van der Waals surface area contributed by atoms with Crippen molar-refractivity contribution in [2.45, 2.75) is 117 Å². The first-order chi connectivity index (χ1) is 20.6. The largest absolute Gasteiger partial charge is 0.496 e. The number of amides is 1. The highest BCUT2D eigenvalue weighted by Gasteiger charge is 2.60. The lowest BCUT2D eigenvalue weighted by Gasteiger charge is -2.35. The summed E-state index contributed by atoms with van der Waals surface area (Å²) < 4.78 is 24.6. The van der Waals surface area contributed by atoms with Gasteiger partial charge in [-0.25, -0.2) is 9.78 Å². The molecule has 2 saturated heterocycles. The molecular weight excluding hydrogens is 560 g/mol. The van der Waals surface area contributed by atoms with Crippen LogP contribution >= 0.6 is 0 Å². The lowest BCUT2D eigenvalue weighted by molar-refractivity contribution is -0.159. The number of hydrogen-bond donors (Lipinski definition) is 1. The second kappa shape index (κ2) is 13.4. The molecule has 0 aliphatic carbocycles. The molecule has 9 nitrogen and oxygen atoms in total. The van der Waals surface area contributed by atoms with E-state index in [9.17, 15) is 14.7 Å². The molecule has 0 bridgehead atoms. The molecule has 0 radical (unpaired) electrons. The summed E-state index contributed by atoms with van der Waals surface area (Å²) in [7, 11) is 1.63. The molecule has 0 unspecified atom stereocenters. The quantitative estimate of drug-likeness (QED) is 0.351. The summed E-state index contributed by atoms with van der Waals surface area (Å²) in [5.41, 5.74) is 1.95. The van der Waals surface area contributed by atoms with E-state index in [-0.39, 0.29) is 24.0 Å². The van der Waals surface area contributed by atoms with Gasteiger partial charge in [0.25, 0.3) is 5.91 Å². The van der Waals surface area contributed by atoms with E-state index >= 15 is 0 Å². The van der Waals surface area contributed by atoms with Gasteiger partial charge in [-0.15, -0.1) is 0 Å². The van der Waals surface area contributed by atoms with Gasteiger partial charge >= 0.3 is 5.97 Å². The fourth-order valence-corrected chi connectivity index (χ4v) is 6.51. The van der Waals surface area contributed by atoms with Gasteiger partial charge in [0.2, 0.25) is 5.88 Å². The predicted molar refractivity (Wildman–Crippen MR) is 168 cm³/mol. The van der Waals surface area contributed by atoms with Gasteiger partial charge in [-0.1, -0.05) is 47.6 Å². The first kappa shape index (κ1) is 33.7. The zero-order valence-corrected chi connectivity index (χ0v) is 27.8. The Bertz CT molecular complexity index is 1310. The molecule has 1 aromatic heterocycles. The Labute approximate surface area is 262 Å². The molecule has 3 heterocycles. The average molecular weight is 611 g/mol. The molecule has 5 atom stereocenters. The molecule has 2 aliphatic heterocycles. The number of benzene rings is 1. The van der Waals surface area contributed by atoms with Crippen molar-refractivity contribution < 1.29 is 33.6 Å². The van der Waals surface area contributed by atoms with Crippen molar-refractivity contribution >= 4 is 11.9 Å². The lowest BCUT2D eigenvalue weighted by atomic mass is 9.73. The SMILES string of the molecule is COc1ccc(C(C)(C)C)cc1CO[C@H]1[C@H](C(C)(C)C)[C@@H](C(=O)O)N(C(=O)[C@@H]2CCCCO2)[C@H]1c1cccnc1OC(C)C. The molecule has 1 amide bonds. The summed E-state index contributed by atoms with van der Waals surface area (Å²) in [4.78, 5) is 33.6. The summed E-state index contributed by atoms with van der Waals surface area (Å²) in [6, 6.07) is 7.79. The standard InChI is InChI=1S/C35H50N2O7/c1-21(2)44-31-24(13-12-17-36-31)28-30(43-20-22-19-23(34(3,4)5)15-16-25(22)41-9)27(35(6,7)8)29(33(39)40)37(28)32(38)26-14-10-11-18-42-26/h12-13,15-17,19,21,26-30H,10-11,14,18,20H2,1-9H3,(H,39,40)/t26-,27+,28-,29-,30-/m0/s1. The zero-order valence-electron chi connectivity index (χ0n) is 27.8. The number of carboxylic acid groups (broad SMARTS) is 1. The second-order valence-electron chi connectivity index (χ2n) is 14.3. The lowest BCUT2D eigenvalue weighted by Crippen LogP contribution is -2.51. The molecule has 4 rings (SSSR count). The minimum absolute atomic E-state index is 0.0960. The van der Waals surface area contributed by atoms with Crippen LogP contribution in [0.2, 0.25) is 0 Å². The normalized spacial score (nSPS) is 24.4. The molecule has 2 aromatic rings. The van der Waals surface area contributed by atoms with E-state index in [0.717, 1.165) is 24.0 Å². The Morgan fingerprint density at radius 1 is 1.11 bits per heavy atom. The molecule has 2 fully saturated rings. The average Bonchev–Trinajstić information content (AvgIpc) is 3.31. The topological polar surface area (TPSA) is 107 Å². The van der Waals surface area contributed by atoms with Gasteiger partial charge in [-0.05, 0) is 73.8 Å². The van der Waals surface area contributed by atoms with Gasteiger partial charge in [-0.3, -0.25) is 4.79 Å². The Kier molecular flexibility index (Phi) is 10.3. The van der Waals surface area contributed by atoms with Gasteiger partial charge < -0.3 is 29.0 Å². The molecule has 1 aromatic carbocycles. The zero-order chi connectivity index (χ0) is 32.4. The van der Waals surface area contributed by atoms with E-state index in [2.05, 4.69) is 37.9 Å². The summed E-state index contributed by atoms with van der Waals surface area (Å²) in [6.45, 7) is 16.9. The summed E-state index contributed by atoms with van der Waals surface area (Å²) in [5, 5.41) is 10.8. The van der Waals surface area contributed by atoms with Gasteiger partial charge in [0.15, 0.2) is 0 Å². The maximum Gasteiger partial charge on any atom is 0.326 e. The van der Waals surface area contributed by atoms with Crippen LogP contribution in [0.5, 0.6) is 11.6 Å². The van der Waals surface area contributed by atoms with Crippen molar-refractivity contribution in [3.8, 4) is 11.6 Å². The van der Waals surface area contributed by atoms with Crippen LogP contribution in [0.4, 0.5) is 0 Å². The number of aromatic nitrogens is 1. The number of carbonyl (C=O) groups excluding carboxylic acids is 1. The molecule has 242 valence electrons.